The molecule has 1 fully saturated rings. The van der Waals surface area contributed by atoms with Gasteiger partial charge in [0, 0.05) is 12.1 Å². The lowest BCUT2D eigenvalue weighted by molar-refractivity contribution is -0.152. The lowest BCUT2D eigenvalue weighted by Gasteiger charge is -2.25. The normalized spacial score (nSPS) is 22.2. The Bertz CT molecular complexity index is 503. The number of benzene rings is 1. The first-order valence-corrected chi connectivity index (χ1v) is 7.78. The van der Waals surface area contributed by atoms with Gasteiger partial charge in [-0.05, 0) is 31.7 Å². The summed E-state index contributed by atoms with van der Waals surface area (Å²) in [6.07, 6.45) is 2.41. The third kappa shape index (κ3) is 4.84. The highest BCUT2D eigenvalue weighted by Crippen LogP contribution is 2.25. The van der Waals surface area contributed by atoms with E-state index in [0.717, 1.165) is 19.3 Å². The molecule has 1 aliphatic carbocycles. The second-order valence-electron chi connectivity index (χ2n) is 5.76. The van der Waals surface area contributed by atoms with Crippen molar-refractivity contribution in [3.8, 4) is 0 Å². The number of aliphatic carboxylic acids is 1. The topological polar surface area (TPSA) is 75.6 Å². The van der Waals surface area contributed by atoms with Gasteiger partial charge in [0.05, 0.1) is 12.8 Å². The first kappa shape index (κ1) is 16.5. The van der Waals surface area contributed by atoms with Gasteiger partial charge >= 0.3 is 11.9 Å². The maximum Gasteiger partial charge on any atom is 0.306 e. The number of carbonyl (C=O) groups excluding carboxylic acids is 1. The number of rotatable bonds is 7. The molecule has 0 saturated heterocycles. The highest BCUT2D eigenvalue weighted by atomic mass is 16.5. The van der Waals surface area contributed by atoms with Gasteiger partial charge in [-0.3, -0.25) is 9.59 Å². The number of esters is 1. The molecule has 1 aromatic rings. The molecule has 0 amide bonds. The summed E-state index contributed by atoms with van der Waals surface area (Å²) in [5, 5.41) is 12.1. The van der Waals surface area contributed by atoms with Crippen LogP contribution in [0.25, 0.3) is 0 Å². The van der Waals surface area contributed by atoms with Crippen LogP contribution >= 0.6 is 0 Å². The fraction of sp³-hybridized carbons (Fsp3) is 0.529. The van der Waals surface area contributed by atoms with Crippen LogP contribution in [0.4, 0.5) is 0 Å². The molecule has 0 heterocycles. The van der Waals surface area contributed by atoms with E-state index < -0.39 is 11.9 Å². The Morgan fingerprint density at radius 3 is 2.68 bits per heavy atom. The van der Waals surface area contributed by atoms with Crippen molar-refractivity contribution in [2.45, 2.75) is 57.2 Å². The molecule has 0 aliphatic heterocycles. The van der Waals surface area contributed by atoms with Crippen molar-refractivity contribution >= 4 is 11.9 Å². The van der Waals surface area contributed by atoms with E-state index >= 15 is 0 Å². The predicted octanol–water partition coefficient (Wildman–Crippen LogP) is 2.67. The third-order valence-electron chi connectivity index (χ3n) is 4.04. The van der Waals surface area contributed by atoms with E-state index in [-0.39, 0.29) is 31.0 Å². The average Bonchev–Trinajstić information content (AvgIpc) is 2.93. The van der Waals surface area contributed by atoms with Crippen LogP contribution in [0.2, 0.25) is 0 Å². The van der Waals surface area contributed by atoms with E-state index in [2.05, 4.69) is 24.4 Å². The van der Waals surface area contributed by atoms with Crippen LogP contribution in [0, 0.1) is 0 Å². The summed E-state index contributed by atoms with van der Waals surface area (Å²) in [7, 11) is 0. The summed E-state index contributed by atoms with van der Waals surface area (Å²) >= 11 is 0. The Balaban J connectivity index is 1.85. The Hall–Kier alpha value is -1.88. The van der Waals surface area contributed by atoms with Gasteiger partial charge in [-0.1, -0.05) is 30.3 Å². The van der Waals surface area contributed by atoms with Gasteiger partial charge in [-0.25, -0.2) is 0 Å². The summed E-state index contributed by atoms with van der Waals surface area (Å²) < 4.78 is 5.45. The highest BCUT2D eigenvalue weighted by Gasteiger charge is 2.31. The zero-order chi connectivity index (χ0) is 15.9. The Kier molecular flexibility index (Phi) is 5.95. The third-order valence-corrected chi connectivity index (χ3v) is 4.04. The van der Waals surface area contributed by atoms with Crippen LogP contribution in [0.5, 0.6) is 0 Å². The van der Waals surface area contributed by atoms with Gasteiger partial charge in [-0.15, -0.1) is 0 Å². The van der Waals surface area contributed by atoms with E-state index in [1.54, 1.807) is 0 Å². The van der Waals surface area contributed by atoms with Crippen LogP contribution in [0.1, 0.15) is 50.6 Å². The summed E-state index contributed by atoms with van der Waals surface area (Å²) in [4.78, 5) is 22.2. The van der Waals surface area contributed by atoms with Gasteiger partial charge in [0.1, 0.15) is 6.10 Å². The zero-order valence-corrected chi connectivity index (χ0v) is 12.8. The number of ether oxygens (including phenoxy) is 1. The molecular formula is C17H23NO4. The van der Waals surface area contributed by atoms with Crippen molar-refractivity contribution in [2.75, 3.05) is 0 Å². The molecular weight excluding hydrogens is 282 g/mol. The van der Waals surface area contributed by atoms with Crippen molar-refractivity contribution < 1.29 is 19.4 Å². The summed E-state index contributed by atoms with van der Waals surface area (Å²) in [5.41, 5.74) is 1.20. The number of hydrogen-bond acceptors (Lipinski definition) is 4. The molecule has 1 saturated carbocycles. The smallest absolute Gasteiger partial charge is 0.306 e. The zero-order valence-electron chi connectivity index (χ0n) is 12.8. The van der Waals surface area contributed by atoms with Crippen molar-refractivity contribution in [3.05, 3.63) is 35.9 Å². The first-order chi connectivity index (χ1) is 10.6. The second kappa shape index (κ2) is 7.94. The van der Waals surface area contributed by atoms with Gasteiger partial charge in [0.2, 0.25) is 0 Å². The first-order valence-electron chi connectivity index (χ1n) is 7.78. The number of nitrogens with one attached hydrogen (secondary N) is 1. The molecule has 0 bridgehead atoms. The Morgan fingerprint density at radius 2 is 2.00 bits per heavy atom. The van der Waals surface area contributed by atoms with E-state index in [1.807, 2.05) is 18.2 Å². The van der Waals surface area contributed by atoms with Crippen molar-refractivity contribution in [1.29, 1.82) is 0 Å². The van der Waals surface area contributed by atoms with Crippen LogP contribution in [0.15, 0.2) is 30.3 Å². The van der Waals surface area contributed by atoms with Crippen LogP contribution in [-0.2, 0) is 14.3 Å². The minimum atomic E-state index is -0.976. The SMILES string of the molecule is C[C@@H](N[C@@H]1CCC[C@H]1OC(=O)CCC(=O)O)c1ccccc1. The van der Waals surface area contributed by atoms with Crippen molar-refractivity contribution in [2.24, 2.45) is 0 Å². The fourth-order valence-electron chi connectivity index (χ4n) is 2.85. The molecule has 5 nitrogen and oxygen atoms in total. The van der Waals surface area contributed by atoms with Crippen LogP contribution < -0.4 is 5.32 Å². The number of carbonyl (C=O) groups is 2. The highest BCUT2D eigenvalue weighted by molar-refractivity contribution is 5.76. The van der Waals surface area contributed by atoms with E-state index in [9.17, 15) is 9.59 Å². The quantitative estimate of drug-likeness (QED) is 0.757. The number of hydrogen-bond donors (Lipinski definition) is 2. The lowest BCUT2D eigenvalue weighted by atomic mass is 10.1. The minimum absolute atomic E-state index is 0.0627. The summed E-state index contributed by atoms with van der Waals surface area (Å²) in [5.74, 6) is -1.40. The molecule has 120 valence electrons. The molecule has 0 spiro atoms. The lowest BCUT2D eigenvalue weighted by Crippen LogP contribution is -2.39. The number of carboxylic acid groups (broad SMARTS) is 1. The molecule has 1 aliphatic rings. The molecule has 1 aromatic carbocycles. The number of carboxylic acids is 1. The monoisotopic (exact) mass is 305 g/mol. The van der Waals surface area contributed by atoms with Gasteiger partial charge in [-0.2, -0.15) is 0 Å². The van der Waals surface area contributed by atoms with Crippen LogP contribution in [0.3, 0.4) is 0 Å². The standard InChI is InChI=1S/C17H23NO4/c1-12(13-6-3-2-4-7-13)18-14-8-5-9-15(14)22-17(21)11-10-16(19)20/h2-4,6-7,12,14-15,18H,5,8-11H2,1H3,(H,19,20)/t12-,14-,15-/m1/s1. The van der Waals surface area contributed by atoms with Gasteiger partial charge in [0.15, 0.2) is 0 Å². The van der Waals surface area contributed by atoms with Gasteiger partial charge < -0.3 is 15.2 Å². The molecule has 22 heavy (non-hydrogen) atoms. The van der Waals surface area contributed by atoms with E-state index in [4.69, 9.17) is 9.84 Å². The maximum absolute atomic E-state index is 11.7. The Labute approximate surface area is 130 Å². The summed E-state index contributed by atoms with van der Waals surface area (Å²) in [6, 6.07) is 10.4. The molecule has 0 aromatic heterocycles. The second-order valence-corrected chi connectivity index (χ2v) is 5.76. The fourth-order valence-corrected chi connectivity index (χ4v) is 2.85. The molecule has 0 radical (unpaired) electrons. The largest absolute Gasteiger partial charge is 0.481 e. The Morgan fingerprint density at radius 1 is 1.27 bits per heavy atom. The maximum atomic E-state index is 11.7. The van der Waals surface area contributed by atoms with E-state index in [1.165, 1.54) is 5.56 Å². The van der Waals surface area contributed by atoms with Crippen LogP contribution in [-0.4, -0.2) is 29.2 Å². The molecule has 2 rings (SSSR count). The van der Waals surface area contributed by atoms with Crippen molar-refractivity contribution in [1.82, 2.24) is 5.32 Å². The summed E-state index contributed by atoms with van der Waals surface area (Å²) in [6.45, 7) is 2.09. The molecule has 2 N–H and O–H groups in total. The minimum Gasteiger partial charge on any atom is -0.481 e. The average molecular weight is 305 g/mol. The van der Waals surface area contributed by atoms with Crippen molar-refractivity contribution in [3.63, 3.8) is 0 Å². The van der Waals surface area contributed by atoms with Gasteiger partial charge in [0.25, 0.3) is 0 Å². The molecule has 0 unspecified atom stereocenters. The molecule has 3 atom stereocenters. The predicted molar refractivity (Wildman–Crippen MR) is 82.4 cm³/mol. The van der Waals surface area contributed by atoms with E-state index in [0.29, 0.717) is 0 Å². The molecule has 5 heteroatoms.